The fourth-order valence-corrected chi connectivity index (χ4v) is 4.14. The van der Waals surface area contributed by atoms with Gasteiger partial charge in [0.15, 0.2) is 0 Å². The number of hydrogen-bond acceptors (Lipinski definition) is 2. The second-order valence-corrected chi connectivity index (χ2v) is 6.12. The van der Waals surface area contributed by atoms with Crippen LogP contribution < -0.4 is 0 Å². The summed E-state index contributed by atoms with van der Waals surface area (Å²) in [5.41, 5.74) is 1.48. The molecule has 0 bridgehead atoms. The molecule has 1 aliphatic rings. The Balaban J connectivity index is 1.97. The van der Waals surface area contributed by atoms with Crippen LogP contribution in [0.25, 0.3) is 10.1 Å². The zero-order chi connectivity index (χ0) is 11.0. The van der Waals surface area contributed by atoms with E-state index in [4.69, 9.17) is 0 Å². The van der Waals surface area contributed by atoms with E-state index in [1.807, 2.05) is 11.3 Å². The van der Waals surface area contributed by atoms with E-state index < -0.39 is 0 Å². The van der Waals surface area contributed by atoms with Gasteiger partial charge >= 0.3 is 0 Å². The number of rotatable bonds is 2. The van der Waals surface area contributed by atoms with Crippen LogP contribution in [0.2, 0.25) is 0 Å². The second kappa shape index (κ2) is 4.47. The van der Waals surface area contributed by atoms with E-state index in [9.17, 15) is 0 Å². The zero-order valence-electron chi connectivity index (χ0n) is 9.08. The van der Waals surface area contributed by atoms with Crippen molar-refractivity contribution < 1.29 is 0 Å². The van der Waals surface area contributed by atoms with Crippen LogP contribution in [0.4, 0.5) is 0 Å². The van der Waals surface area contributed by atoms with Gasteiger partial charge in [0.1, 0.15) is 0 Å². The molecule has 0 atom stereocenters. The zero-order valence-corrected chi connectivity index (χ0v) is 11.5. The molecule has 0 radical (unpaired) electrons. The second-order valence-electron chi connectivity index (χ2n) is 4.36. The van der Waals surface area contributed by atoms with Crippen LogP contribution in [0.3, 0.4) is 0 Å². The first-order chi connectivity index (χ1) is 7.84. The van der Waals surface area contributed by atoms with Crippen molar-refractivity contribution in [3.63, 3.8) is 0 Å². The summed E-state index contributed by atoms with van der Waals surface area (Å²) in [5.74, 6) is 0. The fraction of sp³-hybridized carbons (Fsp3) is 0.385. The molecule has 0 spiro atoms. The first-order valence-electron chi connectivity index (χ1n) is 5.71. The van der Waals surface area contributed by atoms with Crippen molar-refractivity contribution in [2.75, 3.05) is 13.1 Å². The summed E-state index contributed by atoms with van der Waals surface area (Å²) in [4.78, 5) is 2.56. The molecule has 1 aromatic carbocycles. The van der Waals surface area contributed by atoms with E-state index >= 15 is 0 Å². The average Bonchev–Trinajstić information content (AvgIpc) is 2.90. The molecule has 0 saturated carbocycles. The Morgan fingerprint density at radius 3 is 2.88 bits per heavy atom. The van der Waals surface area contributed by atoms with Gasteiger partial charge in [-0.1, -0.05) is 22.0 Å². The quantitative estimate of drug-likeness (QED) is 0.800. The van der Waals surface area contributed by atoms with Crippen LogP contribution in [0.1, 0.15) is 18.4 Å². The van der Waals surface area contributed by atoms with Crippen LogP contribution in [0, 0.1) is 0 Å². The predicted molar refractivity (Wildman–Crippen MR) is 74.0 cm³/mol. The monoisotopic (exact) mass is 295 g/mol. The summed E-state index contributed by atoms with van der Waals surface area (Å²) in [5, 5.41) is 3.73. The smallest absolute Gasteiger partial charge is 0.0357 e. The number of thiophene rings is 1. The first kappa shape index (κ1) is 10.8. The van der Waals surface area contributed by atoms with Crippen molar-refractivity contribution in [2.24, 2.45) is 0 Å². The third-order valence-electron chi connectivity index (χ3n) is 3.22. The van der Waals surface area contributed by atoms with E-state index in [0.29, 0.717) is 0 Å². The number of nitrogens with zero attached hydrogens (tertiary/aromatic N) is 1. The predicted octanol–water partition coefficient (Wildman–Crippen LogP) is 4.26. The minimum Gasteiger partial charge on any atom is -0.299 e. The third-order valence-corrected chi connectivity index (χ3v) is 4.87. The van der Waals surface area contributed by atoms with Crippen molar-refractivity contribution in [3.05, 3.63) is 33.6 Å². The van der Waals surface area contributed by atoms with E-state index in [-0.39, 0.29) is 0 Å². The number of halogens is 1. The maximum atomic E-state index is 3.66. The highest BCUT2D eigenvalue weighted by atomic mass is 79.9. The molecule has 3 heteroatoms. The molecule has 1 fully saturated rings. The fourth-order valence-electron chi connectivity index (χ4n) is 2.41. The SMILES string of the molecule is Brc1cccc2scc(CN3CCCC3)c12. The Kier molecular flexibility index (Phi) is 3.01. The molecule has 1 saturated heterocycles. The van der Waals surface area contributed by atoms with Gasteiger partial charge in [-0.2, -0.15) is 0 Å². The van der Waals surface area contributed by atoms with Crippen LogP contribution in [0.15, 0.2) is 28.1 Å². The Hall–Kier alpha value is -0.380. The van der Waals surface area contributed by atoms with Crippen LogP contribution in [0.5, 0.6) is 0 Å². The molecule has 2 heterocycles. The van der Waals surface area contributed by atoms with E-state index in [0.717, 1.165) is 6.54 Å². The Morgan fingerprint density at radius 1 is 1.25 bits per heavy atom. The standard InChI is InChI=1S/C13H14BrNS/c14-11-4-3-5-12-13(11)10(9-16-12)8-15-6-1-2-7-15/h3-5,9H,1-2,6-8H2. The summed E-state index contributed by atoms with van der Waals surface area (Å²) in [7, 11) is 0. The molecule has 0 unspecified atom stereocenters. The number of likely N-dealkylation sites (tertiary alicyclic amines) is 1. The van der Waals surface area contributed by atoms with Gasteiger partial charge < -0.3 is 0 Å². The molecule has 0 amide bonds. The summed E-state index contributed by atoms with van der Waals surface area (Å²) in [6.07, 6.45) is 2.73. The van der Waals surface area contributed by atoms with Gasteiger partial charge in [-0.15, -0.1) is 11.3 Å². The molecule has 3 rings (SSSR count). The van der Waals surface area contributed by atoms with E-state index in [1.54, 1.807) is 0 Å². The lowest BCUT2D eigenvalue weighted by atomic mass is 10.2. The molecule has 0 N–H and O–H groups in total. The summed E-state index contributed by atoms with van der Waals surface area (Å²) in [6, 6.07) is 6.46. The summed E-state index contributed by atoms with van der Waals surface area (Å²) >= 11 is 5.52. The number of benzene rings is 1. The van der Waals surface area contributed by atoms with Gasteiger partial charge in [0.25, 0.3) is 0 Å². The highest BCUT2D eigenvalue weighted by Crippen LogP contribution is 2.33. The minimum absolute atomic E-state index is 1.11. The molecule has 2 aromatic rings. The van der Waals surface area contributed by atoms with Gasteiger partial charge in [-0.25, -0.2) is 0 Å². The largest absolute Gasteiger partial charge is 0.299 e. The number of fused-ring (bicyclic) bond motifs is 1. The van der Waals surface area contributed by atoms with Gasteiger partial charge in [-0.3, -0.25) is 4.90 Å². The molecular formula is C13H14BrNS. The molecule has 1 aromatic heterocycles. The maximum Gasteiger partial charge on any atom is 0.0357 e. The van der Waals surface area contributed by atoms with Gasteiger partial charge in [0, 0.05) is 21.1 Å². The van der Waals surface area contributed by atoms with Gasteiger partial charge in [0.2, 0.25) is 0 Å². The van der Waals surface area contributed by atoms with E-state index in [2.05, 4.69) is 44.4 Å². The Labute approximate surface area is 108 Å². The number of hydrogen-bond donors (Lipinski definition) is 0. The molecule has 1 aliphatic heterocycles. The highest BCUT2D eigenvalue weighted by molar-refractivity contribution is 9.10. The Morgan fingerprint density at radius 2 is 2.06 bits per heavy atom. The van der Waals surface area contributed by atoms with E-state index in [1.165, 1.54) is 46.1 Å². The highest BCUT2D eigenvalue weighted by Gasteiger charge is 2.14. The maximum absolute atomic E-state index is 3.66. The van der Waals surface area contributed by atoms with Crippen molar-refractivity contribution >= 4 is 37.4 Å². The van der Waals surface area contributed by atoms with Crippen molar-refractivity contribution in [1.29, 1.82) is 0 Å². The van der Waals surface area contributed by atoms with Crippen LogP contribution >= 0.6 is 27.3 Å². The normalized spacial score (nSPS) is 17.3. The summed E-state index contributed by atoms with van der Waals surface area (Å²) in [6.45, 7) is 3.65. The van der Waals surface area contributed by atoms with Gasteiger partial charge in [-0.05, 0) is 49.0 Å². The topological polar surface area (TPSA) is 3.24 Å². The minimum atomic E-state index is 1.11. The molecule has 84 valence electrons. The Bertz CT molecular complexity index is 500. The third kappa shape index (κ3) is 1.92. The first-order valence-corrected chi connectivity index (χ1v) is 7.39. The lowest BCUT2D eigenvalue weighted by molar-refractivity contribution is 0.333. The lowest BCUT2D eigenvalue weighted by Gasteiger charge is -2.13. The molecule has 16 heavy (non-hydrogen) atoms. The van der Waals surface area contributed by atoms with Gasteiger partial charge in [0.05, 0.1) is 0 Å². The van der Waals surface area contributed by atoms with Crippen molar-refractivity contribution in [1.82, 2.24) is 4.90 Å². The summed E-state index contributed by atoms with van der Waals surface area (Å²) < 4.78 is 2.63. The van der Waals surface area contributed by atoms with Crippen molar-refractivity contribution in [2.45, 2.75) is 19.4 Å². The van der Waals surface area contributed by atoms with Crippen LogP contribution in [-0.4, -0.2) is 18.0 Å². The molecular weight excluding hydrogens is 282 g/mol. The molecule has 1 nitrogen and oxygen atoms in total. The average molecular weight is 296 g/mol. The van der Waals surface area contributed by atoms with Crippen molar-refractivity contribution in [3.8, 4) is 0 Å². The van der Waals surface area contributed by atoms with Crippen LogP contribution in [-0.2, 0) is 6.54 Å². The lowest BCUT2D eigenvalue weighted by Crippen LogP contribution is -2.17. The molecule has 0 aliphatic carbocycles.